The zero-order chi connectivity index (χ0) is 27.4. The lowest BCUT2D eigenvalue weighted by atomic mass is 10.2. The number of aryl methyl sites for hydroxylation is 1. The molecule has 0 aliphatic carbocycles. The third-order valence-corrected chi connectivity index (χ3v) is 8.50. The van der Waals surface area contributed by atoms with Crippen molar-refractivity contribution >= 4 is 46.7 Å². The molecule has 200 valence electrons. The van der Waals surface area contributed by atoms with Crippen molar-refractivity contribution in [2.24, 2.45) is 7.05 Å². The van der Waals surface area contributed by atoms with Crippen LogP contribution in [-0.2, 0) is 29.6 Å². The molecule has 8 nitrogen and oxygen atoms in total. The Labute approximate surface area is 236 Å². The van der Waals surface area contributed by atoms with Crippen LogP contribution >= 0.6 is 23.5 Å². The van der Waals surface area contributed by atoms with Crippen molar-refractivity contribution < 1.29 is 14.3 Å². The van der Waals surface area contributed by atoms with Crippen LogP contribution in [0.5, 0.6) is 5.75 Å². The Hall–Kier alpha value is -3.76. The number of fused-ring (bicyclic) bond motifs is 2. The van der Waals surface area contributed by atoms with Crippen molar-refractivity contribution in [3.05, 3.63) is 84.2 Å². The fourth-order valence-electron chi connectivity index (χ4n) is 4.16. The molecule has 1 aliphatic rings. The summed E-state index contributed by atoms with van der Waals surface area (Å²) in [6, 6.07) is 23.6. The summed E-state index contributed by atoms with van der Waals surface area (Å²) in [6.45, 7) is 4.00. The van der Waals surface area contributed by atoms with E-state index in [9.17, 15) is 9.59 Å². The molecular weight excluding hydrogens is 530 g/mol. The van der Waals surface area contributed by atoms with Crippen molar-refractivity contribution in [3.8, 4) is 5.75 Å². The second-order valence-electron chi connectivity index (χ2n) is 8.99. The minimum atomic E-state index is -0.661. The highest BCUT2D eigenvalue weighted by Crippen LogP contribution is 2.48. The smallest absolute Gasteiger partial charge is 0.261 e. The molecule has 2 amide bonds. The van der Waals surface area contributed by atoms with Crippen LogP contribution < -0.4 is 15.0 Å². The van der Waals surface area contributed by atoms with Crippen LogP contribution in [0.1, 0.15) is 25.2 Å². The van der Waals surface area contributed by atoms with Gasteiger partial charge >= 0.3 is 0 Å². The maximum atomic E-state index is 13.5. The van der Waals surface area contributed by atoms with Crippen LogP contribution in [0.4, 0.5) is 11.4 Å². The summed E-state index contributed by atoms with van der Waals surface area (Å²) in [5.74, 6) is 1.13. The molecule has 10 heteroatoms. The van der Waals surface area contributed by atoms with Crippen LogP contribution in [-0.4, -0.2) is 38.4 Å². The summed E-state index contributed by atoms with van der Waals surface area (Å²) in [5.41, 5.74) is 2.97. The van der Waals surface area contributed by atoms with Crippen molar-refractivity contribution in [1.29, 1.82) is 0 Å². The van der Waals surface area contributed by atoms with Crippen LogP contribution in [0.15, 0.2) is 87.7 Å². The summed E-state index contributed by atoms with van der Waals surface area (Å²) in [4.78, 5) is 29.9. The van der Waals surface area contributed by atoms with E-state index in [1.165, 1.54) is 17.3 Å². The van der Waals surface area contributed by atoms with E-state index in [1.807, 2.05) is 79.8 Å². The molecule has 2 heterocycles. The molecule has 1 unspecified atom stereocenters. The first-order valence-corrected chi connectivity index (χ1v) is 14.5. The van der Waals surface area contributed by atoms with Gasteiger partial charge in [0.25, 0.3) is 5.91 Å². The molecule has 1 N–H and O–H groups in total. The number of ether oxygens (including phenoxy) is 1. The zero-order valence-electron chi connectivity index (χ0n) is 22.0. The predicted molar refractivity (Wildman–Crippen MR) is 154 cm³/mol. The zero-order valence-corrected chi connectivity index (χ0v) is 23.6. The molecule has 4 aromatic rings. The predicted octanol–water partition coefficient (Wildman–Crippen LogP) is 5.38. The lowest BCUT2D eigenvalue weighted by molar-refractivity contribution is -0.127. The van der Waals surface area contributed by atoms with Gasteiger partial charge in [-0.2, -0.15) is 0 Å². The van der Waals surface area contributed by atoms with E-state index in [4.69, 9.17) is 4.74 Å². The number of benzene rings is 3. The van der Waals surface area contributed by atoms with Gasteiger partial charge in [-0.25, -0.2) is 0 Å². The highest BCUT2D eigenvalue weighted by Gasteiger charge is 2.28. The van der Waals surface area contributed by atoms with Gasteiger partial charge in [0.15, 0.2) is 17.1 Å². The first-order valence-electron chi connectivity index (χ1n) is 12.7. The third-order valence-electron chi connectivity index (χ3n) is 6.37. The van der Waals surface area contributed by atoms with E-state index < -0.39 is 6.10 Å². The van der Waals surface area contributed by atoms with Gasteiger partial charge in [0.05, 0.1) is 23.7 Å². The number of thioether (sulfide) groups is 1. The standard InChI is InChI=1S/C29H29N5O3S2/c1-4-20-13-15-21(16-14-20)37-19(2)28(36)30-17-26-31-32-29(33(26)3)38-18-27(35)34-22-9-5-7-11-24(22)39-25-12-8-6-10-23(25)34/h5-16,19H,4,17-18H2,1-3H3,(H,30,36). The lowest BCUT2D eigenvalue weighted by Crippen LogP contribution is -2.36. The van der Waals surface area contributed by atoms with Gasteiger partial charge in [0, 0.05) is 16.8 Å². The highest BCUT2D eigenvalue weighted by molar-refractivity contribution is 8.00. The molecular formula is C29H29N5O3S2. The van der Waals surface area contributed by atoms with Crippen LogP contribution in [0, 0.1) is 0 Å². The number of para-hydroxylation sites is 2. The van der Waals surface area contributed by atoms with Crippen molar-refractivity contribution in [3.63, 3.8) is 0 Å². The number of hydrogen-bond acceptors (Lipinski definition) is 7. The molecule has 5 rings (SSSR count). The summed E-state index contributed by atoms with van der Waals surface area (Å²) in [7, 11) is 1.83. The number of amides is 2. The largest absolute Gasteiger partial charge is 0.481 e. The molecule has 3 aromatic carbocycles. The van der Waals surface area contributed by atoms with E-state index in [2.05, 4.69) is 22.4 Å². The molecule has 0 spiro atoms. The monoisotopic (exact) mass is 559 g/mol. The molecule has 39 heavy (non-hydrogen) atoms. The number of carbonyl (C=O) groups excluding carboxylic acids is 2. The fraction of sp³-hybridized carbons (Fsp3) is 0.241. The Bertz CT molecular complexity index is 1440. The minimum Gasteiger partial charge on any atom is -0.481 e. The number of nitrogens with one attached hydrogen (secondary N) is 1. The van der Waals surface area contributed by atoms with E-state index in [-0.39, 0.29) is 24.1 Å². The average Bonchev–Trinajstić information content (AvgIpc) is 3.32. The Morgan fingerprint density at radius 2 is 1.62 bits per heavy atom. The Kier molecular flexibility index (Phi) is 8.23. The highest BCUT2D eigenvalue weighted by atomic mass is 32.2. The number of carbonyl (C=O) groups is 2. The Morgan fingerprint density at radius 1 is 0.974 bits per heavy atom. The summed E-state index contributed by atoms with van der Waals surface area (Å²) >= 11 is 2.98. The summed E-state index contributed by atoms with van der Waals surface area (Å²) in [6.07, 6.45) is 0.285. The Balaban J connectivity index is 1.19. The molecule has 1 aromatic heterocycles. The number of nitrogens with zero attached hydrogens (tertiary/aromatic N) is 4. The van der Waals surface area contributed by atoms with Crippen molar-refractivity contribution in [1.82, 2.24) is 20.1 Å². The number of anilines is 2. The van der Waals surface area contributed by atoms with E-state index in [1.54, 1.807) is 28.2 Å². The molecule has 0 bridgehead atoms. The molecule has 1 atom stereocenters. The van der Waals surface area contributed by atoms with E-state index in [0.29, 0.717) is 16.7 Å². The quantitative estimate of drug-likeness (QED) is 0.275. The van der Waals surface area contributed by atoms with Crippen molar-refractivity contribution in [2.45, 2.75) is 47.9 Å². The van der Waals surface area contributed by atoms with Crippen molar-refractivity contribution in [2.75, 3.05) is 10.7 Å². The first kappa shape index (κ1) is 26.8. The molecule has 0 saturated heterocycles. The second kappa shape index (κ2) is 12.0. The van der Waals surface area contributed by atoms with E-state index in [0.717, 1.165) is 27.6 Å². The van der Waals surface area contributed by atoms with Crippen LogP contribution in [0.3, 0.4) is 0 Å². The lowest BCUT2D eigenvalue weighted by Gasteiger charge is -2.30. The van der Waals surface area contributed by atoms with Gasteiger partial charge in [0.1, 0.15) is 5.75 Å². The first-order chi connectivity index (χ1) is 18.9. The fourth-order valence-corrected chi connectivity index (χ4v) is 6.00. The van der Waals surface area contributed by atoms with Gasteiger partial charge in [-0.15, -0.1) is 10.2 Å². The van der Waals surface area contributed by atoms with Gasteiger partial charge in [-0.05, 0) is 55.3 Å². The number of aromatic nitrogens is 3. The third kappa shape index (κ3) is 5.97. The Morgan fingerprint density at radius 3 is 2.26 bits per heavy atom. The summed E-state index contributed by atoms with van der Waals surface area (Å²) < 4.78 is 7.56. The SMILES string of the molecule is CCc1ccc(OC(C)C(=O)NCc2nnc(SCC(=O)N3c4ccccc4Sc4ccccc43)n2C)cc1. The van der Waals surface area contributed by atoms with Gasteiger partial charge in [-0.3, -0.25) is 14.5 Å². The number of hydrogen-bond donors (Lipinski definition) is 1. The van der Waals surface area contributed by atoms with E-state index >= 15 is 0 Å². The number of rotatable bonds is 9. The maximum Gasteiger partial charge on any atom is 0.261 e. The topological polar surface area (TPSA) is 89.3 Å². The molecule has 0 fully saturated rings. The van der Waals surface area contributed by atoms with Crippen LogP contribution in [0.2, 0.25) is 0 Å². The second-order valence-corrected chi connectivity index (χ2v) is 11.0. The van der Waals surface area contributed by atoms with Gasteiger partial charge in [-0.1, -0.05) is 66.8 Å². The summed E-state index contributed by atoms with van der Waals surface area (Å²) in [5, 5.41) is 11.9. The van der Waals surface area contributed by atoms with Gasteiger partial charge in [0.2, 0.25) is 5.91 Å². The minimum absolute atomic E-state index is 0.0454. The van der Waals surface area contributed by atoms with Gasteiger partial charge < -0.3 is 14.6 Å². The van der Waals surface area contributed by atoms with Crippen LogP contribution in [0.25, 0.3) is 0 Å². The normalized spacial score (nSPS) is 12.8. The molecule has 0 saturated carbocycles. The molecule has 1 aliphatic heterocycles. The maximum absolute atomic E-state index is 13.5. The molecule has 0 radical (unpaired) electrons. The average molecular weight is 560 g/mol.